The number of nitrogens with two attached hydrogens (primary N) is 1. The average molecular weight is 519 g/mol. The van der Waals surface area contributed by atoms with Crippen molar-refractivity contribution in [3.8, 4) is 0 Å². The number of anilines is 1. The van der Waals surface area contributed by atoms with Gasteiger partial charge in [0.25, 0.3) is 0 Å². The van der Waals surface area contributed by atoms with E-state index < -0.39 is 6.04 Å². The molecule has 1 aliphatic rings. The van der Waals surface area contributed by atoms with Crippen molar-refractivity contribution in [3.05, 3.63) is 72.3 Å². The number of unbranched alkanes of at least 4 members (excludes halogenated alkanes) is 1. The summed E-state index contributed by atoms with van der Waals surface area (Å²) in [6.07, 6.45) is 2.51. The monoisotopic (exact) mass is 518 g/mol. The molecule has 1 heterocycles. The van der Waals surface area contributed by atoms with Crippen molar-refractivity contribution in [2.24, 2.45) is 5.73 Å². The van der Waals surface area contributed by atoms with E-state index in [-0.39, 0.29) is 24.1 Å². The Morgan fingerprint density at radius 2 is 1.78 bits per heavy atom. The average Bonchev–Trinajstić information content (AvgIpc) is 3.07. The number of rotatable bonds is 11. The molecule has 0 radical (unpaired) electrons. The molecule has 4 N–H and O–H groups in total. The molecule has 4 rings (SSSR count). The third kappa shape index (κ3) is 7.33. The highest BCUT2D eigenvalue weighted by atomic mass is 32.2. The number of hydrogen-bond acceptors (Lipinski definition) is 5. The molecule has 0 aromatic heterocycles. The molecule has 3 amide bonds. The molecule has 0 saturated heterocycles. The Morgan fingerprint density at radius 3 is 2.62 bits per heavy atom. The number of amides is 3. The molecular weight excluding hydrogens is 484 g/mol. The first-order valence-corrected chi connectivity index (χ1v) is 13.8. The molecule has 8 heteroatoms. The van der Waals surface area contributed by atoms with E-state index >= 15 is 0 Å². The van der Waals surface area contributed by atoms with Crippen LogP contribution in [0, 0.1) is 0 Å². The minimum absolute atomic E-state index is 0.119. The van der Waals surface area contributed by atoms with Gasteiger partial charge in [-0.1, -0.05) is 54.6 Å². The van der Waals surface area contributed by atoms with Crippen molar-refractivity contribution in [1.82, 2.24) is 10.6 Å². The summed E-state index contributed by atoms with van der Waals surface area (Å²) in [6, 6.07) is 21.4. The minimum Gasteiger partial charge on any atom is -0.353 e. The molecule has 0 bridgehead atoms. The number of para-hydroxylation sites is 1. The largest absolute Gasteiger partial charge is 0.353 e. The van der Waals surface area contributed by atoms with Gasteiger partial charge >= 0.3 is 0 Å². The zero-order valence-electron chi connectivity index (χ0n) is 20.9. The predicted octanol–water partition coefficient (Wildman–Crippen LogP) is 3.64. The predicted molar refractivity (Wildman–Crippen MR) is 150 cm³/mol. The molecule has 1 atom stereocenters. The fraction of sp³-hybridized carbons (Fsp3) is 0.345. The Bertz CT molecular complexity index is 1250. The van der Waals surface area contributed by atoms with Gasteiger partial charge in [0, 0.05) is 49.5 Å². The number of carbonyl (C=O) groups is 3. The minimum atomic E-state index is -0.684. The summed E-state index contributed by atoms with van der Waals surface area (Å²) in [5.74, 6) is 0.483. The Balaban J connectivity index is 1.33. The molecule has 0 spiro atoms. The Kier molecular flexibility index (Phi) is 9.57. The van der Waals surface area contributed by atoms with Crippen molar-refractivity contribution in [1.29, 1.82) is 0 Å². The lowest BCUT2D eigenvalue weighted by Crippen LogP contribution is -2.48. The van der Waals surface area contributed by atoms with Crippen LogP contribution in [0.15, 0.2) is 71.6 Å². The maximum Gasteiger partial charge on any atom is 0.242 e. The van der Waals surface area contributed by atoms with Gasteiger partial charge in [-0.2, -0.15) is 0 Å². The Hall–Kier alpha value is -3.36. The lowest BCUT2D eigenvalue weighted by atomic mass is 10.0. The fourth-order valence-corrected chi connectivity index (χ4v) is 5.51. The number of nitrogens with zero attached hydrogens (tertiary/aromatic N) is 1. The highest BCUT2D eigenvalue weighted by molar-refractivity contribution is 7.99. The van der Waals surface area contributed by atoms with Gasteiger partial charge in [0.15, 0.2) is 0 Å². The Labute approximate surface area is 222 Å². The number of nitrogens with one attached hydrogen (secondary N) is 2. The molecule has 3 aromatic rings. The maximum atomic E-state index is 12.8. The van der Waals surface area contributed by atoms with Gasteiger partial charge in [-0.05, 0) is 41.3 Å². The SMILES string of the molecule is NCCNC(=O)[C@@H](Cc1ccc2ccccc2c1)NC(=O)CCCCN1C(=O)CCSc2ccccc21. The van der Waals surface area contributed by atoms with E-state index in [4.69, 9.17) is 5.73 Å². The summed E-state index contributed by atoms with van der Waals surface area (Å²) in [7, 11) is 0. The van der Waals surface area contributed by atoms with E-state index in [1.807, 2.05) is 65.6 Å². The van der Waals surface area contributed by atoms with Crippen LogP contribution in [-0.2, 0) is 20.8 Å². The van der Waals surface area contributed by atoms with E-state index in [1.54, 1.807) is 11.8 Å². The van der Waals surface area contributed by atoms with Crippen LogP contribution in [0.1, 0.15) is 31.2 Å². The summed E-state index contributed by atoms with van der Waals surface area (Å²) in [4.78, 5) is 41.2. The van der Waals surface area contributed by atoms with Crippen LogP contribution in [0.5, 0.6) is 0 Å². The van der Waals surface area contributed by atoms with Crippen LogP contribution in [0.3, 0.4) is 0 Å². The molecule has 1 aliphatic heterocycles. The third-order valence-corrected chi connectivity index (χ3v) is 7.48. The normalized spacial score (nSPS) is 14.1. The molecule has 0 fully saturated rings. The van der Waals surface area contributed by atoms with Crippen LogP contribution in [0.25, 0.3) is 10.8 Å². The first-order valence-electron chi connectivity index (χ1n) is 12.8. The maximum absolute atomic E-state index is 12.8. The van der Waals surface area contributed by atoms with Gasteiger partial charge in [0.1, 0.15) is 6.04 Å². The highest BCUT2D eigenvalue weighted by Crippen LogP contribution is 2.34. The van der Waals surface area contributed by atoms with E-state index in [0.29, 0.717) is 45.3 Å². The molecule has 7 nitrogen and oxygen atoms in total. The van der Waals surface area contributed by atoms with Gasteiger partial charge in [0.05, 0.1) is 5.69 Å². The van der Waals surface area contributed by atoms with Crippen LogP contribution in [0.4, 0.5) is 5.69 Å². The number of benzene rings is 3. The van der Waals surface area contributed by atoms with Gasteiger partial charge in [-0.3, -0.25) is 14.4 Å². The van der Waals surface area contributed by atoms with Crippen molar-refractivity contribution in [2.75, 3.05) is 30.3 Å². The number of fused-ring (bicyclic) bond motifs is 2. The van der Waals surface area contributed by atoms with E-state index in [1.165, 1.54) is 0 Å². The van der Waals surface area contributed by atoms with Crippen molar-refractivity contribution in [2.45, 2.75) is 43.0 Å². The molecule has 37 heavy (non-hydrogen) atoms. The number of carbonyl (C=O) groups excluding carboxylic acids is 3. The van der Waals surface area contributed by atoms with Gasteiger partial charge in [-0.15, -0.1) is 11.8 Å². The lowest BCUT2D eigenvalue weighted by molar-refractivity contribution is -0.129. The van der Waals surface area contributed by atoms with Gasteiger partial charge < -0.3 is 21.3 Å². The molecular formula is C29H34N4O3S. The summed E-state index contributed by atoms with van der Waals surface area (Å²) in [6.45, 7) is 1.26. The zero-order chi connectivity index (χ0) is 26.0. The quantitative estimate of drug-likeness (QED) is 0.336. The second-order valence-corrected chi connectivity index (χ2v) is 10.3. The molecule has 0 unspecified atom stereocenters. The Morgan fingerprint density at radius 1 is 1.00 bits per heavy atom. The van der Waals surface area contributed by atoms with Crippen LogP contribution < -0.4 is 21.3 Å². The van der Waals surface area contributed by atoms with Gasteiger partial charge in [0.2, 0.25) is 17.7 Å². The van der Waals surface area contributed by atoms with E-state index in [9.17, 15) is 14.4 Å². The lowest BCUT2D eigenvalue weighted by Gasteiger charge is -2.23. The first-order chi connectivity index (χ1) is 18.0. The van der Waals surface area contributed by atoms with Crippen LogP contribution >= 0.6 is 11.8 Å². The first kappa shape index (κ1) is 26.7. The van der Waals surface area contributed by atoms with E-state index in [0.717, 1.165) is 32.7 Å². The standard InChI is InChI=1S/C29H34N4O3S/c30-15-16-31-29(36)24(20-21-12-13-22-7-1-2-8-23(22)19-21)32-27(34)11-5-6-17-33-25-9-3-4-10-26(25)37-18-14-28(33)35/h1-4,7-10,12-13,19,24H,5-6,11,14-18,20,30H2,(H,31,36)(H,32,34)/t24-/m1/s1. The molecule has 194 valence electrons. The fourth-order valence-electron chi connectivity index (χ4n) is 4.52. The molecule has 0 aliphatic carbocycles. The summed E-state index contributed by atoms with van der Waals surface area (Å²) in [5, 5.41) is 7.94. The summed E-state index contributed by atoms with van der Waals surface area (Å²) in [5.41, 5.74) is 7.48. The number of hydrogen-bond donors (Lipinski definition) is 3. The topological polar surface area (TPSA) is 105 Å². The van der Waals surface area contributed by atoms with Gasteiger partial charge in [-0.25, -0.2) is 0 Å². The van der Waals surface area contributed by atoms with Crippen molar-refractivity contribution < 1.29 is 14.4 Å². The summed E-state index contributed by atoms with van der Waals surface area (Å²) >= 11 is 1.70. The van der Waals surface area contributed by atoms with Crippen LogP contribution in [0.2, 0.25) is 0 Å². The second-order valence-electron chi connectivity index (χ2n) is 9.15. The smallest absolute Gasteiger partial charge is 0.242 e. The third-order valence-electron chi connectivity index (χ3n) is 6.42. The molecule has 0 saturated carbocycles. The van der Waals surface area contributed by atoms with E-state index in [2.05, 4.69) is 16.7 Å². The van der Waals surface area contributed by atoms with Crippen molar-refractivity contribution >= 4 is 45.9 Å². The zero-order valence-corrected chi connectivity index (χ0v) is 21.8. The summed E-state index contributed by atoms with van der Waals surface area (Å²) < 4.78 is 0. The van der Waals surface area contributed by atoms with Crippen LogP contribution in [-0.4, -0.2) is 49.2 Å². The highest BCUT2D eigenvalue weighted by Gasteiger charge is 2.23. The second kappa shape index (κ2) is 13.3. The number of thioether (sulfide) groups is 1. The molecule has 3 aromatic carbocycles. The van der Waals surface area contributed by atoms with Crippen molar-refractivity contribution in [3.63, 3.8) is 0 Å².